The predicted octanol–water partition coefficient (Wildman–Crippen LogP) is 2.52. The second kappa shape index (κ2) is 6.51. The maximum atomic E-state index is 12.5. The van der Waals surface area contributed by atoms with Gasteiger partial charge in [-0.3, -0.25) is 9.59 Å². The first kappa shape index (κ1) is 15.1. The molecule has 0 unspecified atom stereocenters. The van der Waals surface area contributed by atoms with E-state index in [-0.39, 0.29) is 17.7 Å². The van der Waals surface area contributed by atoms with E-state index in [1.54, 1.807) is 0 Å². The van der Waals surface area contributed by atoms with Gasteiger partial charge in [0.25, 0.3) is 0 Å². The fraction of sp³-hybridized carbons (Fsp3) is 0.556. The Labute approximate surface area is 131 Å². The molecule has 2 aliphatic rings. The number of anilines is 1. The molecule has 0 spiro atoms. The second-order valence-corrected chi connectivity index (χ2v) is 6.49. The first-order valence-electron chi connectivity index (χ1n) is 8.33. The number of carbonyl (C=O) groups excluding carboxylic acids is 2. The molecule has 118 valence electrons. The smallest absolute Gasteiger partial charge is 0.228 e. The van der Waals surface area contributed by atoms with E-state index in [4.69, 9.17) is 0 Å². The van der Waals surface area contributed by atoms with Crippen LogP contribution in [0.5, 0.6) is 0 Å². The van der Waals surface area contributed by atoms with E-state index in [9.17, 15) is 9.59 Å². The Morgan fingerprint density at radius 2 is 2.05 bits per heavy atom. The van der Waals surface area contributed by atoms with E-state index < -0.39 is 0 Å². The van der Waals surface area contributed by atoms with Crippen molar-refractivity contribution in [3.05, 3.63) is 29.8 Å². The summed E-state index contributed by atoms with van der Waals surface area (Å²) in [7, 11) is 0. The van der Waals surface area contributed by atoms with Crippen molar-refractivity contribution < 1.29 is 9.59 Å². The standard InChI is InChI=1S/C18H24N2O2/c1-13-12-15(13)18(22)19-10-9-17(21)20-11-5-4-7-14-6-2-3-8-16(14)20/h2-3,6,8,13,15H,4-5,7,9-12H2,1H3,(H,19,22)/t13-,15-/m0/s1. The molecule has 1 aromatic carbocycles. The second-order valence-electron chi connectivity index (χ2n) is 6.49. The molecule has 22 heavy (non-hydrogen) atoms. The monoisotopic (exact) mass is 300 g/mol. The number of amides is 2. The molecule has 1 aliphatic carbocycles. The van der Waals surface area contributed by atoms with E-state index in [0.717, 1.165) is 37.9 Å². The molecular weight excluding hydrogens is 276 g/mol. The first-order chi connectivity index (χ1) is 10.7. The summed E-state index contributed by atoms with van der Waals surface area (Å²) < 4.78 is 0. The number of para-hydroxylation sites is 1. The Hall–Kier alpha value is -1.84. The lowest BCUT2D eigenvalue weighted by molar-refractivity contribution is -0.122. The van der Waals surface area contributed by atoms with Crippen LogP contribution in [0.3, 0.4) is 0 Å². The van der Waals surface area contributed by atoms with Gasteiger partial charge in [-0.25, -0.2) is 0 Å². The van der Waals surface area contributed by atoms with Crippen LogP contribution >= 0.6 is 0 Å². The van der Waals surface area contributed by atoms with Crippen molar-refractivity contribution >= 4 is 17.5 Å². The quantitative estimate of drug-likeness (QED) is 0.929. The molecule has 3 rings (SSSR count). The minimum absolute atomic E-state index is 0.108. The molecule has 1 fully saturated rings. The Morgan fingerprint density at radius 3 is 2.82 bits per heavy atom. The zero-order chi connectivity index (χ0) is 15.5. The van der Waals surface area contributed by atoms with Gasteiger partial charge in [0.1, 0.15) is 0 Å². The topological polar surface area (TPSA) is 49.4 Å². The summed E-state index contributed by atoms with van der Waals surface area (Å²) in [4.78, 5) is 26.2. The lowest BCUT2D eigenvalue weighted by atomic mass is 10.1. The van der Waals surface area contributed by atoms with Gasteiger partial charge in [0.2, 0.25) is 11.8 Å². The molecule has 1 aromatic rings. The van der Waals surface area contributed by atoms with Crippen LogP contribution in [0.25, 0.3) is 0 Å². The highest BCUT2D eigenvalue weighted by Crippen LogP contribution is 2.37. The number of carbonyl (C=O) groups is 2. The lowest BCUT2D eigenvalue weighted by Gasteiger charge is -2.23. The van der Waals surface area contributed by atoms with E-state index in [1.165, 1.54) is 5.56 Å². The van der Waals surface area contributed by atoms with Crippen LogP contribution in [0.4, 0.5) is 5.69 Å². The zero-order valence-corrected chi connectivity index (χ0v) is 13.2. The molecule has 1 saturated carbocycles. The molecule has 0 saturated heterocycles. The van der Waals surface area contributed by atoms with Gasteiger partial charge in [0.05, 0.1) is 0 Å². The number of benzene rings is 1. The van der Waals surface area contributed by atoms with E-state index in [2.05, 4.69) is 18.3 Å². The molecule has 4 nitrogen and oxygen atoms in total. The van der Waals surface area contributed by atoms with Gasteiger partial charge in [-0.2, -0.15) is 0 Å². The van der Waals surface area contributed by atoms with Gasteiger partial charge in [0.15, 0.2) is 0 Å². The third-order valence-electron chi connectivity index (χ3n) is 4.75. The molecule has 0 aromatic heterocycles. The Morgan fingerprint density at radius 1 is 1.27 bits per heavy atom. The van der Waals surface area contributed by atoms with Gasteiger partial charge >= 0.3 is 0 Å². The van der Waals surface area contributed by atoms with Crippen LogP contribution in [-0.4, -0.2) is 24.9 Å². The molecule has 1 heterocycles. The molecule has 2 atom stereocenters. The fourth-order valence-corrected chi connectivity index (χ4v) is 3.20. The highest BCUT2D eigenvalue weighted by molar-refractivity contribution is 5.94. The highest BCUT2D eigenvalue weighted by atomic mass is 16.2. The van der Waals surface area contributed by atoms with Gasteiger partial charge < -0.3 is 10.2 Å². The van der Waals surface area contributed by atoms with E-state index in [1.807, 2.05) is 23.1 Å². The van der Waals surface area contributed by atoms with Crippen molar-refractivity contribution in [2.24, 2.45) is 11.8 Å². The number of nitrogens with one attached hydrogen (secondary N) is 1. The van der Waals surface area contributed by atoms with Crippen molar-refractivity contribution in [3.8, 4) is 0 Å². The minimum Gasteiger partial charge on any atom is -0.355 e. The Kier molecular flexibility index (Phi) is 4.46. The fourth-order valence-electron chi connectivity index (χ4n) is 3.20. The number of nitrogens with zero attached hydrogens (tertiary/aromatic N) is 1. The minimum atomic E-state index is 0.108. The Balaban J connectivity index is 1.56. The van der Waals surface area contributed by atoms with Crippen molar-refractivity contribution in [2.75, 3.05) is 18.0 Å². The number of hydrogen-bond donors (Lipinski definition) is 1. The summed E-state index contributed by atoms with van der Waals surface area (Å²) in [5.41, 5.74) is 2.30. The molecule has 0 bridgehead atoms. The first-order valence-corrected chi connectivity index (χ1v) is 8.33. The van der Waals surface area contributed by atoms with Crippen LogP contribution in [-0.2, 0) is 16.0 Å². The lowest BCUT2D eigenvalue weighted by Crippen LogP contribution is -2.35. The van der Waals surface area contributed by atoms with E-state index in [0.29, 0.717) is 18.9 Å². The van der Waals surface area contributed by atoms with Gasteiger partial charge in [0, 0.05) is 31.1 Å². The van der Waals surface area contributed by atoms with Crippen molar-refractivity contribution in [1.29, 1.82) is 0 Å². The average Bonchev–Trinajstić information content (AvgIpc) is 3.28. The predicted molar refractivity (Wildman–Crippen MR) is 86.6 cm³/mol. The van der Waals surface area contributed by atoms with E-state index >= 15 is 0 Å². The SMILES string of the molecule is C[C@H]1C[C@@H]1C(=O)NCCC(=O)N1CCCCc2ccccc21. The van der Waals surface area contributed by atoms with Crippen LogP contribution in [0.15, 0.2) is 24.3 Å². The third-order valence-corrected chi connectivity index (χ3v) is 4.75. The third kappa shape index (κ3) is 3.32. The zero-order valence-electron chi connectivity index (χ0n) is 13.2. The number of hydrogen-bond acceptors (Lipinski definition) is 2. The van der Waals surface area contributed by atoms with Gasteiger partial charge in [-0.15, -0.1) is 0 Å². The summed E-state index contributed by atoms with van der Waals surface area (Å²) >= 11 is 0. The summed E-state index contributed by atoms with van der Waals surface area (Å²) in [5.74, 6) is 0.900. The molecular formula is C18H24N2O2. The largest absolute Gasteiger partial charge is 0.355 e. The maximum absolute atomic E-state index is 12.5. The van der Waals surface area contributed by atoms with Crippen LogP contribution in [0.2, 0.25) is 0 Å². The van der Waals surface area contributed by atoms with Crippen molar-refractivity contribution in [1.82, 2.24) is 5.32 Å². The summed E-state index contributed by atoms with van der Waals surface area (Å²) in [6, 6.07) is 8.16. The normalized spacial score (nSPS) is 23.4. The number of rotatable bonds is 4. The van der Waals surface area contributed by atoms with Crippen molar-refractivity contribution in [2.45, 2.75) is 39.0 Å². The molecule has 0 radical (unpaired) electrons. The number of aryl methyl sites for hydroxylation is 1. The van der Waals surface area contributed by atoms with Gasteiger partial charge in [-0.05, 0) is 43.2 Å². The molecule has 2 amide bonds. The van der Waals surface area contributed by atoms with Crippen molar-refractivity contribution in [3.63, 3.8) is 0 Å². The summed E-state index contributed by atoms with van der Waals surface area (Å²) in [6.07, 6.45) is 4.56. The average molecular weight is 300 g/mol. The highest BCUT2D eigenvalue weighted by Gasteiger charge is 2.38. The molecule has 4 heteroatoms. The summed E-state index contributed by atoms with van der Waals surface area (Å²) in [5, 5.41) is 2.90. The Bertz CT molecular complexity index is 570. The van der Waals surface area contributed by atoms with Crippen LogP contribution in [0.1, 0.15) is 38.2 Å². The van der Waals surface area contributed by atoms with Crippen LogP contribution in [0, 0.1) is 11.8 Å². The van der Waals surface area contributed by atoms with Crippen LogP contribution < -0.4 is 10.2 Å². The molecule has 1 N–H and O–H groups in total. The van der Waals surface area contributed by atoms with Gasteiger partial charge in [-0.1, -0.05) is 25.1 Å². The maximum Gasteiger partial charge on any atom is 0.228 e. The summed E-state index contributed by atoms with van der Waals surface area (Å²) in [6.45, 7) is 3.31. The number of fused-ring (bicyclic) bond motifs is 1. The molecule has 1 aliphatic heterocycles.